The van der Waals surface area contributed by atoms with Gasteiger partial charge < -0.3 is 5.73 Å². The van der Waals surface area contributed by atoms with Crippen LogP contribution in [0.3, 0.4) is 0 Å². The van der Waals surface area contributed by atoms with Crippen LogP contribution in [0.5, 0.6) is 0 Å². The topological polar surface area (TPSA) is 45.4 Å². The van der Waals surface area contributed by atoms with Gasteiger partial charge in [-0.25, -0.2) is 4.98 Å². The van der Waals surface area contributed by atoms with Crippen molar-refractivity contribution in [2.75, 3.05) is 31.9 Å². The van der Waals surface area contributed by atoms with Crippen LogP contribution >= 0.6 is 23.7 Å². The first-order chi connectivity index (χ1) is 9.31. The van der Waals surface area contributed by atoms with Crippen molar-refractivity contribution in [2.24, 2.45) is 0 Å². The summed E-state index contributed by atoms with van der Waals surface area (Å²) >= 11 is 1.63. The fourth-order valence-electron chi connectivity index (χ4n) is 3.36. The van der Waals surface area contributed by atoms with Gasteiger partial charge in [0.25, 0.3) is 0 Å². The third-order valence-corrected chi connectivity index (χ3v) is 5.15. The lowest BCUT2D eigenvalue weighted by molar-refractivity contribution is 0.168. The van der Waals surface area contributed by atoms with Crippen LogP contribution in [0.2, 0.25) is 0 Å². The van der Waals surface area contributed by atoms with Crippen molar-refractivity contribution >= 4 is 28.9 Å². The summed E-state index contributed by atoms with van der Waals surface area (Å²) in [4.78, 5) is 10.8. The monoisotopic (exact) mass is 316 g/mol. The molecule has 2 saturated heterocycles. The average Bonchev–Trinajstić information content (AvgIpc) is 2.99. The van der Waals surface area contributed by atoms with E-state index in [2.05, 4.69) is 14.8 Å². The zero-order chi connectivity index (χ0) is 13.1. The number of halogens is 1. The first kappa shape index (κ1) is 16.0. The second-order valence-corrected chi connectivity index (χ2v) is 6.94. The molecule has 3 heterocycles. The molecule has 0 bridgehead atoms. The molecule has 1 aromatic rings. The van der Waals surface area contributed by atoms with E-state index in [0.29, 0.717) is 5.13 Å². The zero-order valence-electron chi connectivity index (χ0n) is 12.0. The highest BCUT2D eigenvalue weighted by Gasteiger charge is 2.25. The summed E-state index contributed by atoms with van der Waals surface area (Å²) in [7, 11) is 0. The van der Waals surface area contributed by atoms with Gasteiger partial charge in [-0.2, -0.15) is 0 Å². The van der Waals surface area contributed by atoms with Gasteiger partial charge in [0, 0.05) is 30.2 Å². The van der Waals surface area contributed by atoms with Crippen molar-refractivity contribution in [1.29, 1.82) is 0 Å². The van der Waals surface area contributed by atoms with Gasteiger partial charge in [-0.05, 0) is 45.3 Å². The summed E-state index contributed by atoms with van der Waals surface area (Å²) in [6, 6.07) is 0.773. The lowest BCUT2D eigenvalue weighted by Gasteiger charge is -2.30. The van der Waals surface area contributed by atoms with E-state index < -0.39 is 0 Å². The van der Waals surface area contributed by atoms with Crippen LogP contribution < -0.4 is 5.73 Å². The molecule has 20 heavy (non-hydrogen) atoms. The number of thiazole rings is 1. The van der Waals surface area contributed by atoms with Crippen molar-refractivity contribution in [3.63, 3.8) is 0 Å². The molecular formula is C14H25ClN4S. The molecule has 0 radical (unpaired) electrons. The molecule has 114 valence electrons. The summed E-state index contributed by atoms with van der Waals surface area (Å²) in [6.45, 7) is 6.09. The van der Waals surface area contributed by atoms with E-state index in [1.807, 2.05) is 6.20 Å². The van der Waals surface area contributed by atoms with Gasteiger partial charge >= 0.3 is 0 Å². The van der Waals surface area contributed by atoms with E-state index in [1.165, 1.54) is 63.2 Å². The molecule has 2 fully saturated rings. The predicted octanol–water partition coefficient (Wildman–Crippen LogP) is 2.60. The lowest BCUT2D eigenvalue weighted by atomic mass is 10.1. The SMILES string of the molecule is Cl.Nc1ncc(CN2CCCCC(N3CCCC3)C2)s1. The van der Waals surface area contributed by atoms with Crippen LogP contribution in [0.1, 0.15) is 37.0 Å². The summed E-state index contributed by atoms with van der Waals surface area (Å²) in [5.41, 5.74) is 5.72. The van der Waals surface area contributed by atoms with Crippen LogP contribution in [0.25, 0.3) is 0 Å². The minimum atomic E-state index is 0. The Balaban J connectivity index is 0.00000147. The Hall–Kier alpha value is -0.360. The third kappa shape index (κ3) is 4.07. The van der Waals surface area contributed by atoms with Crippen molar-refractivity contribution in [3.8, 4) is 0 Å². The first-order valence-corrected chi connectivity index (χ1v) is 8.29. The number of likely N-dealkylation sites (tertiary alicyclic amines) is 2. The van der Waals surface area contributed by atoms with E-state index >= 15 is 0 Å². The Morgan fingerprint density at radius 2 is 1.95 bits per heavy atom. The molecule has 2 aliphatic heterocycles. The number of nitrogens with zero attached hydrogens (tertiary/aromatic N) is 3. The molecule has 2 N–H and O–H groups in total. The number of hydrogen-bond acceptors (Lipinski definition) is 5. The molecule has 0 spiro atoms. The van der Waals surface area contributed by atoms with Crippen molar-refractivity contribution < 1.29 is 0 Å². The quantitative estimate of drug-likeness (QED) is 0.931. The number of nitrogens with two attached hydrogens (primary N) is 1. The molecule has 2 aliphatic rings. The van der Waals surface area contributed by atoms with Gasteiger partial charge in [-0.15, -0.1) is 23.7 Å². The number of nitrogen functional groups attached to an aromatic ring is 1. The maximum Gasteiger partial charge on any atom is 0.180 e. The number of hydrogen-bond donors (Lipinski definition) is 1. The normalized spacial score (nSPS) is 25.3. The van der Waals surface area contributed by atoms with Crippen molar-refractivity contribution in [3.05, 3.63) is 11.1 Å². The summed E-state index contributed by atoms with van der Waals surface area (Å²) < 4.78 is 0. The Kier molecular flexibility index (Phi) is 6.08. The molecule has 0 aliphatic carbocycles. The van der Waals surface area contributed by atoms with E-state index in [1.54, 1.807) is 11.3 Å². The zero-order valence-corrected chi connectivity index (χ0v) is 13.6. The molecule has 1 atom stereocenters. The van der Waals surface area contributed by atoms with E-state index in [4.69, 9.17) is 5.73 Å². The first-order valence-electron chi connectivity index (χ1n) is 7.48. The van der Waals surface area contributed by atoms with Crippen LogP contribution in [0.15, 0.2) is 6.20 Å². The maximum absolute atomic E-state index is 5.72. The Morgan fingerprint density at radius 1 is 1.20 bits per heavy atom. The Morgan fingerprint density at radius 3 is 2.65 bits per heavy atom. The second kappa shape index (κ2) is 7.59. The predicted molar refractivity (Wildman–Crippen MR) is 87.5 cm³/mol. The fraction of sp³-hybridized carbons (Fsp3) is 0.786. The molecule has 1 unspecified atom stereocenters. The Labute approximate surface area is 131 Å². The highest BCUT2D eigenvalue weighted by atomic mass is 35.5. The third-order valence-electron chi connectivity index (χ3n) is 4.34. The van der Waals surface area contributed by atoms with Gasteiger partial charge in [0.05, 0.1) is 0 Å². The number of rotatable bonds is 3. The van der Waals surface area contributed by atoms with Gasteiger partial charge in [-0.3, -0.25) is 9.80 Å². The van der Waals surface area contributed by atoms with Crippen LogP contribution in [-0.4, -0.2) is 47.0 Å². The molecule has 0 aromatic carbocycles. The number of aromatic nitrogens is 1. The highest BCUT2D eigenvalue weighted by molar-refractivity contribution is 7.15. The smallest absolute Gasteiger partial charge is 0.180 e. The molecule has 6 heteroatoms. The molecule has 0 saturated carbocycles. The van der Waals surface area contributed by atoms with Gasteiger partial charge in [0.2, 0.25) is 0 Å². The van der Waals surface area contributed by atoms with E-state index in [-0.39, 0.29) is 12.4 Å². The average molecular weight is 317 g/mol. The summed E-state index contributed by atoms with van der Waals surface area (Å²) in [6.07, 6.45) is 8.81. The van der Waals surface area contributed by atoms with Crippen molar-refractivity contribution in [2.45, 2.75) is 44.7 Å². The fourth-order valence-corrected chi connectivity index (χ4v) is 4.09. The molecule has 0 amide bonds. The highest BCUT2D eigenvalue weighted by Crippen LogP contribution is 2.23. The second-order valence-electron chi connectivity index (χ2n) is 5.79. The number of anilines is 1. The van der Waals surface area contributed by atoms with Gasteiger partial charge in [0.1, 0.15) is 0 Å². The summed E-state index contributed by atoms with van der Waals surface area (Å²) in [5.74, 6) is 0. The van der Waals surface area contributed by atoms with Gasteiger partial charge in [0.15, 0.2) is 5.13 Å². The maximum atomic E-state index is 5.72. The molecule has 1 aromatic heterocycles. The largest absolute Gasteiger partial charge is 0.375 e. The van der Waals surface area contributed by atoms with Crippen molar-refractivity contribution in [1.82, 2.24) is 14.8 Å². The van der Waals surface area contributed by atoms with E-state index in [9.17, 15) is 0 Å². The van der Waals surface area contributed by atoms with E-state index in [0.717, 1.165) is 12.6 Å². The minimum absolute atomic E-state index is 0. The Bertz CT molecular complexity index is 406. The minimum Gasteiger partial charge on any atom is -0.375 e. The molecule has 4 nitrogen and oxygen atoms in total. The summed E-state index contributed by atoms with van der Waals surface area (Å²) in [5, 5.41) is 0.695. The standard InChI is InChI=1S/C14H24N4S.ClH/c15-14-16-9-13(19-14)11-17-6-2-1-5-12(10-17)18-7-3-4-8-18;/h9,12H,1-8,10-11H2,(H2,15,16);1H. The van der Waals surface area contributed by atoms with Crippen LogP contribution in [0, 0.1) is 0 Å². The van der Waals surface area contributed by atoms with Gasteiger partial charge in [-0.1, -0.05) is 6.42 Å². The molecular weight excluding hydrogens is 292 g/mol. The lowest BCUT2D eigenvalue weighted by Crippen LogP contribution is -2.41. The molecule has 3 rings (SSSR count). The van der Waals surface area contributed by atoms with Crippen LogP contribution in [0.4, 0.5) is 5.13 Å². The van der Waals surface area contributed by atoms with Crippen LogP contribution in [-0.2, 0) is 6.54 Å².